The van der Waals surface area contributed by atoms with Crippen molar-refractivity contribution >= 4 is 17.4 Å². The monoisotopic (exact) mass is 105 g/mol. The van der Waals surface area contributed by atoms with E-state index in [1.165, 1.54) is 6.40 Å². The summed E-state index contributed by atoms with van der Waals surface area (Å²) in [5.41, 5.74) is 0. The molecule has 0 spiro atoms. The molecule has 34 valence electrons. The van der Waals surface area contributed by atoms with E-state index in [0.29, 0.717) is 0 Å². The Morgan fingerprint density at radius 3 is 3.00 bits per heavy atom. The number of hydrogen-bond acceptors (Lipinski definition) is 2. The highest BCUT2D eigenvalue weighted by atomic mass is 32.2. The molecule has 1 rings (SSSR count). The molecule has 0 N–H and O–H groups in total. The zero-order chi connectivity index (χ0) is 4.41. The lowest BCUT2D eigenvalue weighted by Gasteiger charge is -1.76. The first-order valence-electron chi connectivity index (χ1n) is 1.42. The van der Waals surface area contributed by atoms with E-state index in [-0.39, 0.29) is 5.94 Å². The molecule has 1 heterocycles. The van der Waals surface area contributed by atoms with Gasteiger partial charge in [-0.3, -0.25) is 0 Å². The van der Waals surface area contributed by atoms with Gasteiger partial charge in [0, 0.05) is 0 Å². The van der Waals surface area contributed by atoms with Gasteiger partial charge in [-0.2, -0.15) is 4.40 Å². The summed E-state index contributed by atoms with van der Waals surface area (Å²) >= 11 is 0. The molecular weight excluding hydrogens is 102 g/mol. The van der Waals surface area contributed by atoms with Crippen molar-refractivity contribution in [3.05, 3.63) is 0 Å². The molecule has 0 fully saturated rings. The molecule has 0 saturated carbocycles. The maximum Gasteiger partial charge on any atom is 0.185 e. The molecular formula is C2H3NO2S. The third-order valence-corrected chi connectivity index (χ3v) is 1.06. The molecule has 6 heavy (non-hydrogen) atoms. The van der Waals surface area contributed by atoms with Crippen molar-refractivity contribution in [2.24, 2.45) is 4.40 Å². The van der Waals surface area contributed by atoms with Gasteiger partial charge in [-0.1, -0.05) is 0 Å². The fourth-order valence-corrected chi connectivity index (χ4v) is 0.592. The first-order chi connectivity index (χ1) is 2.89. The first kappa shape index (κ1) is 3.80. The molecule has 1 aliphatic rings. The van der Waals surface area contributed by atoms with Crippen LogP contribution in [0, 0.1) is 0 Å². The van der Waals surface area contributed by atoms with Crippen LogP contribution in [0.2, 0.25) is 0 Å². The molecule has 1 atom stereocenters. The topological polar surface area (TPSA) is 38.7 Å². The summed E-state index contributed by atoms with van der Waals surface area (Å²) in [5.74, 6) is 0.236. The van der Waals surface area contributed by atoms with Crippen molar-refractivity contribution in [1.29, 1.82) is 0 Å². The minimum atomic E-state index is -1.08. The van der Waals surface area contributed by atoms with E-state index < -0.39 is 11.0 Å². The molecule has 4 heteroatoms. The van der Waals surface area contributed by atoms with Crippen LogP contribution in [0.3, 0.4) is 0 Å². The first-order valence-corrected chi connectivity index (χ1v) is 2.70. The van der Waals surface area contributed by atoms with Gasteiger partial charge in [-0.25, -0.2) is 4.21 Å². The molecule has 0 aromatic carbocycles. The van der Waals surface area contributed by atoms with Crippen molar-refractivity contribution in [3.8, 4) is 0 Å². The van der Waals surface area contributed by atoms with Crippen LogP contribution in [-0.2, 0) is 15.7 Å². The minimum absolute atomic E-state index is 0.236. The van der Waals surface area contributed by atoms with Gasteiger partial charge in [0.25, 0.3) is 0 Å². The van der Waals surface area contributed by atoms with E-state index >= 15 is 0 Å². The second kappa shape index (κ2) is 1.38. The van der Waals surface area contributed by atoms with Crippen LogP contribution in [-0.4, -0.2) is 16.5 Å². The van der Waals surface area contributed by atoms with Gasteiger partial charge in [-0.05, 0) is 0 Å². The van der Waals surface area contributed by atoms with Crippen LogP contribution in [0.1, 0.15) is 0 Å². The SMILES string of the molecule is O=S1COC=N1. The summed E-state index contributed by atoms with van der Waals surface area (Å²) in [5, 5.41) is 0. The summed E-state index contributed by atoms with van der Waals surface area (Å²) in [7, 11) is -1.08. The summed E-state index contributed by atoms with van der Waals surface area (Å²) in [6, 6.07) is 0. The average molecular weight is 105 g/mol. The van der Waals surface area contributed by atoms with E-state index in [1.54, 1.807) is 0 Å². The lowest BCUT2D eigenvalue weighted by molar-refractivity contribution is 0.404. The Labute approximate surface area is 37.6 Å². The predicted octanol–water partition coefficient (Wildman–Crippen LogP) is -0.334. The molecule has 0 bridgehead atoms. The van der Waals surface area contributed by atoms with E-state index in [2.05, 4.69) is 9.13 Å². The summed E-state index contributed by atoms with van der Waals surface area (Å²) < 4.78 is 17.9. The maximum absolute atomic E-state index is 10.0. The van der Waals surface area contributed by atoms with E-state index in [4.69, 9.17) is 0 Å². The standard InChI is InChI=1S/C2H3NO2S/c4-6-2-5-1-3-6/h1H,2H2. The van der Waals surface area contributed by atoms with E-state index in [9.17, 15) is 4.21 Å². The molecule has 1 aliphatic heterocycles. The highest BCUT2D eigenvalue weighted by molar-refractivity contribution is 7.83. The molecule has 3 nitrogen and oxygen atoms in total. The van der Waals surface area contributed by atoms with Crippen molar-refractivity contribution in [1.82, 2.24) is 0 Å². The maximum atomic E-state index is 10.0. The number of rotatable bonds is 0. The third kappa shape index (κ3) is 0.567. The Balaban J connectivity index is 2.59. The largest absolute Gasteiger partial charge is 0.467 e. The van der Waals surface area contributed by atoms with Crippen LogP contribution < -0.4 is 0 Å². The molecule has 1 unspecified atom stereocenters. The third-order valence-electron chi connectivity index (χ3n) is 0.404. The van der Waals surface area contributed by atoms with Crippen molar-refractivity contribution in [2.45, 2.75) is 0 Å². The lowest BCUT2D eigenvalue weighted by atomic mass is 11.4. The Morgan fingerprint density at radius 1 is 2.00 bits per heavy atom. The number of nitrogens with zero attached hydrogens (tertiary/aromatic N) is 1. The van der Waals surface area contributed by atoms with Crippen LogP contribution in [0.5, 0.6) is 0 Å². The van der Waals surface area contributed by atoms with Gasteiger partial charge in [0.15, 0.2) is 23.3 Å². The van der Waals surface area contributed by atoms with Crippen LogP contribution >= 0.6 is 0 Å². The van der Waals surface area contributed by atoms with Gasteiger partial charge in [0.2, 0.25) is 0 Å². The number of ether oxygens (including phenoxy) is 1. The van der Waals surface area contributed by atoms with Crippen molar-refractivity contribution < 1.29 is 8.95 Å². The molecule has 0 amide bonds. The van der Waals surface area contributed by atoms with Gasteiger partial charge in [0.05, 0.1) is 0 Å². The Morgan fingerprint density at radius 2 is 2.83 bits per heavy atom. The highest BCUT2D eigenvalue weighted by Crippen LogP contribution is 1.89. The predicted molar refractivity (Wildman–Crippen MR) is 22.6 cm³/mol. The van der Waals surface area contributed by atoms with Crippen LogP contribution in [0.25, 0.3) is 0 Å². The summed E-state index contributed by atoms with van der Waals surface area (Å²) in [6.07, 6.45) is 1.20. The van der Waals surface area contributed by atoms with Crippen LogP contribution in [0.4, 0.5) is 0 Å². The molecule has 0 radical (unpaired) electrons. The van der Waals surface area contributed by atoms with Crippen molar-refractivity contribution in [3.63, 3.8) is 0 Å². The molecule has 0 aromatic rings. The van der Waals surface area contributed by atoms with Gasteiger partial charge >= 0.3 is 0 Å². The fraction of sp³-hybridized carbons (Fsp3) is 0.500. The quantitative estimate of drug-likeness (QED) is 0.423. The second-order valence-electron chi connectivity index (χ2n) is 0.817. The van der Waals surface area contributed by atoms with E-state index in [1.807, 2.05) is 0 Å². The Hall–Kier alpha value is -0.380. The molecule has 0 saturated heterocycles. The van der Waals surface area contributed by atoms with Crippen molar-refractivity contribution in [2.75, 3.05) is 5.94 Å². The lowest BCUT2D eigenvalue weighted by Crippen LogP contribution is -1.84. The van der Waals surface area contributed by atoms with Gasteiger partial charge < -0.3 is 4.74 Å². The average Bonchev–Trinajstić information content (AvgIpc) is 1.86. The highest BCUT2D eigenvalue weighted by Gasteiger charge is 1.98. The molecule has 0 aromatic heterocycles. The fourth-order valence-electron chi connectivity index (χ4n) is 0.197. The summed E-state index contributed by atoms with van der Waals surface area (Å²) in [4.78, 5) is 0. The minimum Gasteiger partial charge on any atom is -0.467 e. The van der Waals surface area contributed by atoms with Gasteiger partial charge in [0.1, 0.15) is 0 Å². The zero-order valence-corrected chi connectivity index (χ0v) is 3.77. The van der Waals surface area contributed by atoms with Crippen LogP contribution in [0.15, 0.2) is 4.40 Å². The van der Waals surface area contributed by atoms with E-state index in [0.717, 1.165) is 0 Å². The Bertz CT molecular complexity index is 99.7. The Kier molecular flexibility index (Phi) is 0.874. The normalized spacial score (nSPS) is 30.3. The smallest absolute Gasteiger partial charge is 0.185 e. The second-order valence-corrected chi connectivity index (χ2v) is 1.91. The number of hydrogen-bond donors (Lipinski definition) is 0. The summed E-state index contributed by atoms with van der Waals surface area (Å²) in [6.45, 7) is 0. The zero-order valence-electron chi connectivity index (χ0n) is 2.96. The van der Waals surface area contributed by atoms with Gasteiger partial charge in [-0.15, -0.1) is 0 Å². The molecule has 0 aliphatic carbocycles.